The molecule has 0 aromatic carbocycles. The maximum Gasteiger partial charge on any atom is 0.225 e. The van der Waals surface area contributed by atoms with Crippen LogP contribution in [0.1, 0.15) is 24.8 Å². The predicted molar refractivity (Wildman–Crippen MR) is 167 cm³/mol. The van der Waals surface area contributed by atoms with Crippen LogP contribution in [-0.2, 0) is 11.3 Å². The van der Waals surface area contributed by atoms with Crippen LogP contribution in [-0.4, -0.2) is 137 Å². The Morgan fingerprint density at radius 2 is 1.91 bits per heavy atom. The predicted octanol–water partition coefficient (Wildman–Crippen LogP) is 1.62. The lowest BCUT2D eigenvalue weighted by Gasteiger charge is -2.33. The van der Waals surface area contributed by atoms with Crippen LogP contribution in [0.3, 0.4) is 0 Å². The topological polar surface area (TPSA) is 115 Å². The molecule has 1 aliphatic carbocycles. The zero-order valence-corrected chi connectivity index (χ0v) is 25.4. The normalized spacial score (nSPS) is 28.1. The van der Waals surface area contributed by atoms with Crippen molar-refractivity contribution in [2.45, 2.75) is 38.0 Å². The zero-order chi connectivity index (χ0) is 29.3. The van der Waals surface area contributed by atoms with Crippen molar-refractivity contribution in [3.63, 3.8) is 0 Å². The highest BCUT2D eigenvalue weighted by Crippen LogP contribution is 2.30. The van der Waals surface area contributed by atoms with Gasteiger partial charge in [0.1, 0.15) is 0 Å². The summed E-state index contributed by atoms with van der Waals surface area (Å²) in [5.74, 6) is 2.69. The summed E-state index contributed by atoms with van der Waals surface area (Å²) < 4.78 is 7.98. The maximum atomic E-state index is 6.14. The van der Waals surface area contributed by atoms with Crippen molar-refractivity contribution in [1.82, 2.24) is 39.8 Å². The number of hydrazone groups is 1. The number of ether oxygens (including phenoxy) is 1. The van der Waals surface area contributed by atoms with Crippen LogP contribution in [0, 0.1) is 5.92 Å². The zero-order valence-electron chi connectivity index (χ0n) is 25.4. The quantitative estimate of drug-likeness (QED) is 0.513. The van der Waals surface area contributed by atoms with Gasteiger partial charge in [0.05, 0.1) is 43.5 Å². The number of hydrogen-bond donors (Lipinski definition) is 1. The summed E-state index contributed by atoms with van der Waals surface area (Å²) in [6, 6.07) is 0.267. The van der Waals surface area contributed by atoms with Crippen LogP contribution in [0.2, 0.25) is 0 Å². The van der Waals surface area contributed by atoms with E-state index in [1.54, 1.807) is 0 Å². The van der Waals surface area contributed by atoms with Crippen LogP contribution in [0.5, 0.6) is 0 Å². The van der Waals surface area contributed by atoms with E-state index in [2.05, 4.69) is 67.6 Å². The van der Waals surface area contributed by atoms with Crippen molar-refractivity contribution in [3.8, 4) is 0 Å². The Balaban J connectivity index is 0.951. The van der Waals surface area contributed by atoms with E-state index in [-0.39, 0.29) is 18.1 Å². The molecule has 0 amide bonds. The van der Waals surface area contributed by atoms with Gasteiger partial charge in [-0.25, -0.2) is 19.6 Å². The Morgan fingerprint density at radius 1 is 1.07 bits per heavy atom. The van der Waals surface area contributed by atoms with Crippen molar-refractivity contribution < 1.29 is 4.74 Å². The number of nitrogens with zero attached hydrogens (tertiary/aromatic N) is 11. The van der Waals surface area contributed by atoms with Gasteiger partial charge >= 0.3 is 0 Å². The van der Waals surface area contributed by atoms with Crippen LogP contribution < -0.4 is 10.2 Å². The largest absolute Gasteiger partial charge is 0.373 e. The number of aromatic nitrogens is 5. The van der Waals surface area contributed by atoms with Crippen molar-refractivity contribution in [2.24, 2.45) is 16.0 Å². The molecule has 13 nitrogen and oxygen atoms in total. The first-order valence-corrected chi connectivity index (χ1v) is 15.5. The van der Waals surface area contributed by atoms with E-state index in [0.717, 1.165) is 68.7 Å². The van der Waals surface area contributed by atoms with E-state index in [1.807, 2.05) is 35.3 Å². The minimum atomic E-state index is -0.0772. The molecule has 0 spiro atoms. The number of nitrogens with one attached hydrogen (secondary N) is 1. The maximum absolute atomic E-state index is 6.14. The molecule has 5 aliphatic rings. The van der Waals surface area contributed by atoms with E-state index in [4.69, 9.17) is 19.7 Å². The third-order valence-electron chi connectivity index (χ3n) is 9.36. The minimum absolute atomic E-state index is 0.0772. The Labute approximate surface area is 253 Å². The van der Waals surface area contributed by atoms with Crippen LogP contribution in [0.15, 0.2) is 46.3 Å². The molecule has 43 heavy (non-hydrogen) atoms. The number of morpholine rings is 1. The van der Waals surface area contributed by atoms with E-state index < -0.39 is 0 Å². The van der Waals surface area contributed by atoms with Gasteiger partial charge < -0.3 is 19.9 Å². The third kappa shape index (κ3) is 6.06. The Morgan fingerprint density at radius 3 is 2.65 bits per heavy atom. The molecule has 0 saturated carbocycles. The number of rotatable bonds is 7. The smallest absolute Gasteiger partial charge is 0.225 e. The number of anilines is 2. The molecule has 4 aliphatic heterocycles. The molecule has 228 valence electrons. The van der Waals surface area contributed by atoms with Gasteiger partial charge in [-0.15, -0.1) is 5.10 Å². The fraction of sp³-hybridized carbons (Fsp3) is 0.600. The molecule has 0 bridgehead atoms. The lowest BCUT2D eigenvalue weighted by atomic mass is 9.91. The molecular weight excluding hydrogens is 544 g/mol. The monoisotopic (exact) mass is 586 g/mol. The molecule has 1 N–H and O–H groups in total. The Bertz CT molecular complexity index is 1410. The number of piperazine rings is 1. The van der Waals surface area contributed by atoms with Crippen molar-refractivity contribution >= 4 is 29.5 Å². The first-order valence-electron chi connectivity index (χ1n) is 15.5. The van der Waals surface area contributed by atoms with Crippen molar-refractivity contribution in [2.75, 3.05) is 83.3 Å². The van der Waals surface area contributed by atoms with Gasteiger partial charge in [-0.3, -0.25) is 9.91 Å². The second-order valence-electron chi connectivity index (χ2n) is 12.3. The molecule has 6 heterocycles. The van der Waals surface area contributed by atoms with Crippen LogP contribution in [0.25, 0.3) is 0 Å². The summed E-state index contributed by atoms with van der Waals surface area (Å²) in [4.78, 5) is 21.7. The summed E-state index contributed by atoms with van der Waals surface area (Å²) in [5, 5.41) is 18.5. The number of allylic oxidation sites excluding steroid dienone is 2. The van der Waals surface area contributed by atoms with Crippen molar-refractivity contribution in [3.05, 3.63) is 41.8 Å². The first-order chi connectivity index (χ1) is 21.0. The average molecular weight is 587 g/mol. The summed E-state index contributed by atoms with van der Waals surface area (Å²) in [6.45, 7) is 11.0. The molecule has 4 unspecified atom stereocenters. The second kappa shape index (κ2) is 12.1. The number of aliphatic imine (C=N–C) groups is 1. The second-order valence-corrected chi connectivity index (χ2v) is 12.3. The summed E-state index contributed by atoms with van der Waals surface area (Å²) in [5.41, 5.74) is 3.62. The summed E-state index contributed by atoms with van der Waals surface area (Å²) in [6.07, 6.45) is 13.9. The summed E-state index contributed by atoms with van der Waals surface area (Å²) >= 11 is 0. The standard InChI is InChI=1S/C30H42N12O/c1-21-26(16-34-39(21)3)27-17-31-28-29(35-27)42(37-36-28)20-25-19-41(12-13-43-25)30-32-14-24(15-33-30)23-6-4-22(5-7-23)18-40-10-8-38(2)9-11-40/h4-6,14-16,21,23,25-26,31H,7-13,17-20H2,1-3H3. The SMILES string of the molecule is CC1C(C2=Nc3c(nnn3CC3CN(c4ncc(C5C=CC(CN6CCN(C)CC6)=CC5)cn4)CCO3)NC2)C=NN1C. The molecule has 2 aromatic rings. The highest BCUT2D eigenvalue weighted by Gasteiger charge is 2.32. The molecule has 4 atom stereocenters. The average Bonchev–Trinajstić information content (AvgIpc) is 3.60. The van der Waals surface area contributed by atoms with Gasteiger partial charge in [0.25, 0.3) is 0 Å². The van der Waals surface area contributed by atoms with E-state index >= 15 is 0 Å². The molecule has 2 aromatic heterocycles. The lowest BCUT2D eigenvalue weighted by Crippen LogP contribution is -2.45. The molecule has 2 fully saturated rings. The molecular formula is C30H42N12O. The van der Waals surface area contributed by atoms with Gasteiger partial charge in [0.2, 0.25) is 5.95 Å². The van der Waals surface area contributed by atoms with Crippen LogP contribution >= 0.6 is 0 Å². The van der Waals surface area contributed by atoms with Gasteiger partial charge in [-0.05, 0) is 31.5 Å². The minimum Gasteiger partial charge on any atom is -0.373 e. The lowest BCUT2D eigenvalue weighted by molar-refractivity contribution is 0.0269. The van der Waals surface area contributed by atoms with Crippen LogP contribution in [0.4, 0.5) is 17.6 Å². The van der Waals surface area contributed by atoms with E-state index in [0.29, 0.717) is 38.0 Å². The number of hydrogen-bond acceptors (Lipinski definition) is 12. The first kappa shape index (κ1) is 28.1. The number of likely N-dealkylation sites (N-methyl/N-ethyl adjacent to an activating group) is 1. The molecule has 7 rings (SSSR count). The fourth-order valence-electron chi connectivity index (χ4n) is 6.39. The highest BCUT2D eigenvalue weighted by atomic mass is 16.5. The molecule has 2 saturated heterocycles. The Kier molecular flexibility index (Phi) is 7.93. The third-order valence-corrected chi connectivity index (χ3v) is 9.36. The van der Waals surface area contributed by atoms with Gasteiger partial charge in [-0.2, -0.15) is 5.10 Å². The highest BCUT2D eigenvalue weighted by molar-refractivity contribution is 6.05. The van der Waals surface area contributed by atoms with E-state index in [9.17, 15) is 0 Å². The molecule has 13 heteroatoms. The fourth-order valence-corrected chi connectivity index (χ4v) is 6.39. The molecule has 0 radical (unpaired) electrons. The van der Waals surface area contributed by atoms with E-state index in [1.165, 1.54) is 5.57 Å². The van der Waals surface area contributed by atoms with Gasteiger partial charge in [-0.1, -0.05) is 23.4 Å². The van der Waals surface area contributed by atoms with Crippen molar-refractivity contribution in [1.29, 1.82) is 0 Å². The number of fused-ring (bicyclic) bond motifs is 1. The van der Waals surface area contributed by atoms with Gasteiger partial charge in [0, 0.05) is 77.4 Å². The Hall–Kier alpha value is -3.68. The van der Waals surface area contributed by atoms with Gasteiger partial charge in [0.15, 0.2) is 11.6 Å². The summed E-state index contributed by atoms with van der Waals surface area (Å²) in [7, 11) is 4.20.